The summed E-state index contributed by atoms with van der Waals surface area (Å²) in [6.45, 7) is -0.328. The Hall–Kier alpha value is -3.22. The van der Waals surface area contributed by atoms with Crippen molar-refractivity contribution in [3.05, 3.63) is 87.9 Å². The summed E-state index contributed by atoms with van der Waals surface area (Å²) in [4.78, 5) is 25.2. The average Bonchev–Trinajstić information content (AvgIpc) is 3.10. The van der Waals surface area contributed by atoms with Crippen molar-refractivity contribution in [2.24, 2.45) is 0 Å². The van der Waals surface area contributed by atoms with Gasteiger partial charge in [-0.3, -0.25) is 9.69 Å². The lowest BCUT2D eigenvalue weighted by Crippen LogP contribution is -2.39. The van der Waals surface area contributed by atoms with E-state index in [9.17, 15) is 14.7 Å². The number of carboxylic acid groups (broad SMARTS) is 1. The first-order valence-corrected chi connectivity index (χ1v) is 11.1. The van der Waals surface area contributed by atoms with E-state index < -0.39 is 18.6 Å². The van der Waals surface area contributed by atoms with E-state index in [4.69, 9.17) is 32.7 Å². The monoisotopic (exact) mass is 485 g/mol. The Labute approximate surface area is 201 Å². The number of hydrogen-bond acceptors (Lipinski definition) is 4. The van der Waals surface area contributed by atoms with E-state index in [0.29, 0.717) is 15.8 Å². The van der Waals surface area contributed by atoms with E-state index in [1.54, 1.807) is 18.2 Å². The summed E-state index contributed by atoms with van der Waals surface area (Å²) in [7, 11) is 0. The van der Waals surface area contributed by atoms with Gasteiger partial charge in [-0.1, -0.05) is 71.7 Å². The molecule has 0 aromatic heterocycles. The summed E-state index contributed by atoms with van der Waals surface area (Å²) in [5.74, 6) is -0.831. The van der Waals surface area contributed by atoms with Crippen LogP contribution in [0.3, 0.4) is 0 Å². The fraction of sp³-hybridized carbons (Fsp3) is 0.200. The Morgan fingerprint density at radius 2 is 1.48 bits per heavy atom. The van der Waals surface area contributed by atoms with Gasteiger partial charge in [0.05, 0.1) is 6.54 Å². The number of aliphatic carboxylic acids is 1. The number of ether oxygens (including phenoxy) is 2. The molecular formula is C25H21Cl2NO5. The molecule has 0 heterocycles. The number of nitrogens with zero attached hydrogens (tertiary/aromatic N) is 1. The van der Waals surface area contributed by atoms with Crippen molar-refractivity contribution in [2.75, 3.05) is 26.3 Å². The number of fused-ring (bicyclic) bond motifs is 3. The highest BCUT2D eigenvalue weighted by atomic mass is 35.5. The molecule has 0 unspecified atom stereocenters. The maximum Gasteiger partial charge on any atom is 0.410 e. The molecule has 1 N–H and O–H groups in total. The number of hydrogen-bond donors (Lipinski definition) is 1. The molecule has 3 aromatic rings. The first kappa shape index (κ1) is 23.0. The SMILES string of the molecule is O=C(O)CN(CCOc1cc(Cl)cc(Cl)c1)C(=O)OCC1c2ccccc2-c2ccccc21. The van der Waals surface area contributed by atoms with E-state index >= 15 is 0 Å². The molecular weight excluding hydrogens is 465 g/mol. The average molecular weight is 486 g/mol. The number of benzene rings is 3. The normalized spacial score (nSPS) is 12.1. The molecule has 0 spiro atoms. The molecule has 0 radical (unpaired) electrons. The van der Waals surface area contributed by atoms with Crippen molar-refractivity contribution in [2.45, 2.75) is 5.92 Å². The van der Waals surface area contributed by atoms with E-state index in [-0.39, 0.29) is 25.7 Å². The summed E-state index contributed by atoms with van der Waals surface area (Å²) >= 11 is 11.9. The summed E-state index contributed by atoms with van der Waals surface area (Å²) < 4.78 is 11.2. The molecule has 6 nitrogen and oxygen atoms in total. The molecule has 0 aliphatic heterocycles. The minimum atomic E-state index is -1.14. The molecule has 1 amide bonds. The van der Waals surface area contributed by atoms with Crippen LogP contribution in [0.5, 0.6) is 5.75 Å². The Balaban J connectivity index is 1.41. The Morgan fingerprint density at radius 3 is 2.06 bits per heavy atom. The van der Waals surface area contributed by atoms with Gasteiger partial charge in [-0.2, -0.15) is 0 Å². The molecule has 0 fully saturated rings. The highest BCUT2D eigenvalue weighted by Crippen LogP contribution is 2.44. The lowest BCUT2D eigenvalue weighted by atomic mass is 9.98. The second kappa shape index (κ2) is 10.1. The van der Waals surface area contributed by atoms with E-state index in [1.807, 2.05) is 48.5 Å². The van der Waals surface area contributed by atoms with Crippen LogP contribution in [0.1, 0.15) is 17.0 Å². The predicted octanol–water partition coefficient (Wildman–Crippen LogP) is 5.71. The first-order chi connectivity index (χ1) is 15.9. The summed E-state index contributed by atoms with van der Waals surface area (Å²) in [5, 5.41) is 10.1. The highest BCUT2D eigenvalue weighted by molar-refractivity contribution is 6.34. The molecule has 4 rings (SSSR count). The standard InChI is InChI=1S/C25H21Cl2NO5/c26-16-11-17(27)13-18(12-16)32-10-9-28(14-24(29)30)25(31)33-15-23-21-7-3-1-5-19(21)20-6-2-4-8-22(20)23/h1-8,11-13,23H,9-10,14-15H2,(H,29,30). The van der Waals surface area contributed by atoms with Crippen molar-refractivity contribution < 1.29 is 24.2 Å². The minimum absolute atomic E-state index is 0.0209. The predicted molar refractivity (Wildman–Crippen MR) is 126 cm³/mol. The van der Waals surface area contributed by atoms with Crippen LogP contribution < -0.4 is 4.74 Å². The van der Waals surface area contributed by atoms with Gasteiger partial charge in [0.2, 0.25) is 0 Å². The van der Waals surface area contributed by atoms with Crippen molar-refractivity contribution in [3.63, 3.8) is 0 Å². The molecule has 33 heavy (non-hydrogen) atoms. The number of amides is 1. The Bertz CT molecular complexity index is 1120. The van der Waals surface area contributed by atoms with Crippen LogP contribution in [0.25, 0.3) is 11.1 Å². The third-order valence-corrected chi connectivity index (χ3v) is 5.82. The van der Waals surface area contributed by atoms with Crippen LogP contribution in [0.15, 0.2) is 66.7 Å². The highest BCUT2D eigenvalue weighted by Gasteiger charge is 2.30. The van der Waals surface area contributed by atoms with Gasteiger partial charge in [-0.25, -0.2) is 4.79 Å². The van der Waals surface area contributed by atoms with Crippen LogP contribution in [0.2, 0.25) is 10.0 Å². The van der Waals surface area contributed by atoms with Crippen LogP contribution in [-0.2, 0) is 9.53 Å². The number of carbonyl (C=O) groups is 2. The molecule has 0 saturated heterocycles. The molecule has 0 saturated carbocycles. The minimum Gasteiger partial charge on any atom is -0.492 e. The largest absolute Gasteiger partial charge is 0.492 e. The topological polar surface area (TPSA) is 76.1 Å². The van der Waals surface area contributed by atoms with E-state index in [1.165, 1.54) is 0 Å². The summed E-state index contributed by atoms with van der Waals surface area (Å²) in [6.07, 6.45) is -0.716. The van der Waals surface area contributed by atoms with Crippen molar-refractivity contribution in [1.82, 2.24) is 4.90 Å². The fourth-order valence-electron chi connectivity index (χ4n) is 3.97. The zero-order valence-corrected chi connectivity index (χ0v) is 19.1. The van der Waals surface area contributed by atoms with Gasteiger partial charge >= 0.3 is 12.1 Å². The molecule has 3 aromatic carbocycles. The lowest BCUT2D eigenvalue weighted by molar-refractivity contribution is -0.138. The second-order valence-electron chi connectivity index (χ2n) is 7.57. The van der Waals surface area contributed by atoms with Crippen molar-refractivity contribution >= 4 is 35.3 Å². The zero-order valence-electron chi connectivity index (χ0n) is 17.5. The van der Waals surface area contributed by atoms with E-state index in [2.05, 4.69) is 0 Å². The van der Waals surface area contributed by atoms with Gasteiger partial charge in [-0.15, -0.1) is 0 Å². The molecule has 170 valence electrons. The van der Waals surface area contributed by atoms with Gasteiger partial charge in [0.15, 0.2) is 0 Å². The second-order valence-corrected chi connectivity index (χ2v) is 8.45. The lowest BCUT2D eigenvalue weighted by Gasteiger charge is -2.22. The number of halogens is 2. The molecule has 1 aliphatic carbocycles. The molecule has 0 bridgehead atoms. The molecule has 1 aliphatic rings. The number of rotatable bonds is 8. The Morgan fingerprint density at radius 1 is 0.909 bits per heavy atom. The first-order valence-electron chi connectivity index (χ1n) is 10.3. The van der Waals surface area contributed by atoms with Crippen molar-refractivity contribution in [3.8, 4) is 16.9 Å². The fourth-order valence-corrected chi connectivity index (χ4v) is 4.48. The van der Waals surface area contributed by atoms with Crippen LogP contribution in [-0.4, -0.2) is 48.4 Å². The van der Waals surface area contributed by atoms with Crippen LogP contribution in [0.4, 0.5) is 4.79 Å². The Kier molecular flexibility index (Phi) is 7.06. The quantitative estimate of drug-likeness (QED) is 0.442. The molecule has 0 atom stereocenters. The third kappa shape index (κ3) is 5.41. The van der Waals surface area contributed by atoms with Gasteiger partial charge in [-0.05, 0) is 40.5 Å². The van der Waals surface area contributed by atoms with Crippen LogP contribution in [0, 0.1) is 0 Å². The zero-order chi connectivity index (χ0) is 23.4. The molecule has 8 heteroatoms. The summed E-state index contributed by atoms with van der Waals surface area (Å²) in [6, 6.07) is 20.7. The van der Waals surface area contributed by atoms with Crippen molar-refractivity contribution in [1.29, 1.82) is 0 Å². The van der Waals surface area contributed by atoms with E-state index in [0.717, 1.165) is 27.2 Å². The smallest absolute Gasteiger partial charge is 0.410 e. The maximum atomic E-state index is 12.8. The van der Waals surface area contributed by atoms with Crippen LogP contribution >= 0.6 is 23.2 Å². The maximum absolute atomic E-state index is 12.8. The third-order valence-electron chi connectivity index (χ3n) is 5.39. The van der Waals surface area contributed by atoms with Gasteiger partial charge in [0.25, 0.3) is 0 Å². The van der Waals surface area contributed by atoms with Gasteiger partial charge in [0, 0.05) is 16.0 Å². The number of carbonyl (C=O) groups excluding carboxylic acids is 1. The number of carboxylic acids is 1. The van der Waals surface area contributed by atoms with Gasteiger partial charge < -0.3 is 14.6 Å². The summed E-state index contributed by atoms with van der Waals surface area (Å²) in [5.41, 5.74) is 4.39. The van der Waals surface area contributed by atoms with Gasteiger partial charge in [0.1, 0.15) is 25.5 Å².